The first-order chi connectivity index (χ1) is 22.8. The third kappa shape index (κ3) is 22.8. The highest BCUT2D eigenvalue weighted by Crippen LogP contribution is 1.99. The first-order valence-corrected chi connectivity index (χ1v) is 19.2. The van der Waals surface area contributed by atoms with Gasteiger partial charge in [0.1, 0.15) is 0 Å². The Labute approximate surface area is 309 Å². The summed E-state index contributed by atoms with van der Waals surface area (Å²) in [4.78, 5) is 16.5. The molecule has 0 saturated carbocycles. The molecule has 0 rings (SSSR count). The van der Waals surface area contributed by atoms with E-state index >= 15 is 0 Å². The van der Waals surface area contributed by atoms with Gasteiger partial charge in [-0.25, -0.2) is 0 Å². The number of nitrogens with zero attached hydrogens (tertiary/aromatic N) is 8. The highest BCUT2D eigenvalue weighted by atomic mass is 31.0. The quantitative estimate of drug-likeness (QED) is 0.0814. The van der Waals surface area contributed by atoms with Crippen molar-refractivity contribution in [1.29, 1.82) is 21.6 Å². The highest BCUT2D eigenvalue weighted by molar-refractivity contribution is 6.92. The van der Waals surface area contributed by atoms with Crippen LogP contribution in [0.1, 0.15) is 111 Å². The maximum Gasteiger partial charge on any atom is 0.193 e. The molecule has 0 radical (unpaired) electrons. The van der Waals surface area contributed by atoms with Crippen molar-refractivity contribution in [2.24, 2.45) is 0 Å². The van der Waals surface area contributed by atoms with Gasteiger partial charge < -0.3 is 39.2 Å². The first-order valence-electron chi connectivity index (χ1n) is 19.2. The lowest BCUT2D eigenvalue weighted by molar-refractivity contribution is 0.347. The average molecular weight is 719 g/mol. The summed E-state index contributed by atoms with van der Waals surface area (Å²) in [7, 11) is 0. The molecule has 0 fully saturated rings. The van der Waals surface area contributed by atoms with Gasteiger partial charge in [0.25, 0.3) is 0 Å². The fourth-order valence-corrected chi connectivity index (χ4v) is 4.99. The molecule has 296 valence electrons. The Morgan fingerprint density at radius 3 is 0.327 bits per heavy atom. The summed E-state index contributed by atoms with van der Waals surface area (Å²) >= 11 is 0. The van der Waals surface area contributed by atoms with Crippen molar-refractivity contribution in [3.8, 4) is 0 Å². The lowest BCUT2D eigenvalue weighted by atomic mass is 10.4. The Kier molecular flexibility index (Phi) is 42.0. The Bertz CT molecular complexity index is 582. The van der Waals surface area contributed by atoms with E-state index in [9.17, 15) is 0 Å². The van der Waals surface area contributed by atoms with Crippen LogP contribution in [0.5, 0.6) is 0 Å². The third-order valence-corrected chi connectivity index (χ3v) is 8.50. The molecule has 0 saturated heterocycles. The largest absolute Gasteiger partial charge is 0.344 e. The van der Waals surface area contributed by atoms with Crippen molar-refractivity contribution in [3.63, 3.8) is 0 Å². The molecule has 0 amide bonds. The monoisotopic (exact) mass is 719 g/mol. The number of guanidine groups is 4. The Balaban J connectivity index is -0.000000174. The predicted octanol–water partition coefficient (Wildman–Crippen LogP) is 6.48. The summed E-state index contributed by atoms with van der Waals surface area (Å²) in [5, 5.41) is 31.4. The zero-order chi connectivity index (χ0) is 38.2. The Morgan fingerprint density at radius 2 is 0.286 bits per heavy atom. The summed E-state index contributed by atoms with van der Waals surface area (Å²) < 4.78 is 0. The average Bonchev–Trinajstić information content (AvgIpc) is 3.10. The summed E-state index contributed by atoms with van der Waals surface area (Å²) in [6.45, 7) is 48.1. The molecule has 0 aromatic carbocycles. The fraction of sp³-hybridized carbons (Fsp3) is 0.889. The minimum absolute atomic E-state index is 0. The van der Waals surface area contributed by atoms with Gasteiger partial charge in [0.05, 0.1) is 0 Å². The summed E-state index contributed by atoms with van der Waals surface area (Å²) in [5.74, 6) is 2.63. The van der Waals surface area contributed by atoms with E-state index in [1.54, 1.807) is 0 Å². The van der Waals surface area contributed by atoms with Gasteiger partial charge in [-0.15, -0.1) is 0 Å². The van der Waals surface area contributed by atoms with Crippen LogP contribution < -0.4 is 0 Å². The number of hydrogen-bond acceptors (Lipinski definition) is 4. The maximum atomic E-state index is 7.86. The normalized spacial score (nSPS) is 9.47. The van der Waals surface area contributed by atoms with E-state index in [2.05, 4.69) is 150 Å². The molecule has 0 aliphatic carbocycles. The molecule has 49 heavy (non-hydrogen) atoms. The van der Waals surface area contributed by atoms with Crippen LogP contribution in [0.25, 0.3) is 0 Å². The molecule has 1 atom stereocenters. The standard InChI is InChI=1S/4C9H21N3.H3P/c4*1-5-11(6-2)9(10)12(7-3)8-4;/h4*10H,5-8H2,1-4H3;1H3. The minimum Gasteiger partial charge on any atom is -0.344 e. The van der Waals surface area contributed by atoms with Crippen LogP contribution in [0, 0.1) is 21.6 Å². The van der Waals surface area contributed by atoms with E-state index in [1.807, 2.05) is 0 Å². The van der Waals surface area contributed by atoms with E-state index in [0.29, 0.717) is 23.8 Å². The summed E-state index contributed by atoms with van der Waals surface area (Å²) in [6.07, 6.45) is 0. The topological polar surface area (TPSA) is 121 Å². The van der Waals surface area contributed by atoms with Gasteiger partial charge >= 0.3 is 0 Å². The van der Waals surface area contributed by atoms with Gasteiger partial charge in [-0.1, -0.05) is 0 Å². The zero-order valence-electron chi connectivity index (χ0n) is 35.6. The molecule has 0 spiro atoms. The van der Waals surface area contributed by atoms with Crippen LogP contribution in [-0.4, -0.2) is 168 Å². The SMILES string of the molecule is CCN(CC)C(=N)N(CC)CC.CCN(CC)C(=N)N(CC)CC.CCN(CC)C(=N)N(CC)CC.CCN(CC)C(=N)N(CC)CC.P. The van der Waals surface area contributed by atoms with Gasteiger partial charge in [0, 0.05) is 105 Å². The van der Waals surface area contributed by atoms with E-state index in [-0.39, 0.29) is 9.90 Å². The van der Waals surface area contributed by atoms with Crippen LogP contribution in [0.2, 0.25) is 0 Å². The van der Waals surface area contributed by atoms with Gasteiger partial charge in [0.2, 0.25) is 0 Å². The van der Waals surface area contributed by atoms with E-state index in [0.717, 1.165) is 105 Å². The van der Waals surface area contributed by atoms with Gasteiger partial charge in [-0.05, 0) is 111 Å². The van der Waals surface area contributed by atoms with Gasteiger partial charge in [0.15, 0.2) is 23.8 Å². The molecule has 4 N–H and O–H groups in total. The molecular formula is C36H87N12P. The van der Waals surface area contributed by atoms with Crippen molar-refractivity contribution >= 4 is 33.7 Å². The number of rotatable bonds is 16. The van der Waals surface area contributed by atoms with Gasteiger partial charge in [-0.3, -0.25) is 21.6 Å². The lowest BCUT2D eigenvalue weighted by Gasteiger charge is -2.30. The van der Waals surface area contributed by atoms with E-state index in [1.165, 1.54) is 0 Å². The summed E-state index contributed by atoms with van der Waals surface area (Å²) in [5.41, 5.74) is 0. The van der Waals surface area contributed by atoms with Crippen LogP contribution in [-0.2, 0) is 0 Å². The molecule has 13 heteroatoms. The fourth-order valence-electron chi connectivity index (χ4n) is 4.99. The molecule has 0 aliphatic rings. The van der Waals surface area contributed by atoms with Crippen molar-refractivity contribution in [1.82, 2.24) is 39.2 Å². The molecule has 0 heterocycles. The molecule has 0 aliphatic heterocycles. The molecule has 0 bridgehead atoms. The molecule has 0 aromatic heterocycles. The third-order valence-electron chi connectivity index (χ3n) is 8.50. The second kappa shape index (κ2) is 36.8. The zero-order valence-corrected chi connectivity index (χ0v) is 37.0. The molecular weight excluding hydrogens is 631 g/mol. The van der Waals surface area contributed by atoms with Gasteiger partial charge in [-0.2, -0.15) is 9.90 Å². The lowest BCUT2D eigenvalue weighted by Crippen LogP contribution is -2.43. The second-order valence-corrected chi connectivity index (χ2v) is 10.7. The van der Waals surface area contributed by atoms with Crippen LogP contribution in [0.15, 0.2) is 0 Å². The Hall–Kier alpha value is -2.49. The highest BCUT2D eigenvalue weighted by Gasteiger charge is 2.13. The Morgan fingerprint density at radius 1 is 0.224 bits per heavy atom. The number of hydrogen-bond donors (Lipinski definition) is 4. The van der Waals surface area contributed by atoms with E-state index < -0.39 is 0 Å². The second-order valence-electron chi connectivity index (χ2n) is 10.7. The van der Waals surface area contributed by atoms with Crippen molar-refractivity contribution < 1.29 is 0 Å². The minimum atomic E-state index is 0. The molecule has 1 unspecified atom stereocenters. The van der Waals surface area contributed by atoms with E-state index in [4.69, 9.17) is 21.6 Å². The molecule has 0 aromatic rings. The molecule has 12 nitrogen and oxygen atoms in total. The number of nitrogens with one attached hydrogen (secondary N) is 4. The van der Waals surface area contributed by atoms with Crippen LogP contribution in [0.4, 0.5) is 0 Å². The predicted molar refractivity (Wildman–Crippen MR) is 225 cm³/mol. The maximum absolute atomic E-state index is 7.86. The van der Waals surface area contributed by atoms with Crippen LogP contribution in [0.3, 0.4) is 0 Å². The summed E-state index contributed by atoms with van der Waals surface area (Å²) in [6, 6.07) is 0. The smallest absolute Gasteiger partial charge is 0.193 e. The van der Waals surface area contributed by atoms with Crippen molar-refractivity contribution in [2.75, 3.05) is 105 Å². The first kappa shape index (κ1) is 55.9. The van der Waals surface area contributed by atoms with Crippen molar-refractivity contribution in [2.45, 2.75) is 111 Å². The van der Waals surface area contributed by atoms with Crippen molar-refractivity contribution in [3.05, 3.63) is 0 Å². The van der Waals surface area contributed by atoms with Crippen LogP contribution >= 0.6 is 9.90 Å².